The van der Waals surface area contributed by atoms with Crippen molar-refractivity contribution in [3.8, 4) is 0 Å². The smallest absolute Gasteiger partial charge is 0.261 e. The highest BCUT2D eigenvalue weighted by Crippen LogP contribution is 2.29. The zero-order valence-corrected chi connectivity index (χ0v) is 9.77. The Hall–Kier alpha value is -1.37. The fraction of sp³-hybridized carbons (Fsp3) is 0.727. The molecular formula is C11H14F2N2O3. The van der Waals surface area contributed by atoms with E-state index in [-0.39, 0.29) is 18.3 Å². The van der Waals surface area contributed by atoms with Crippen molar-refractivity contribution in [2.75, 3.05) is 13.2 Å². The Kier molecular flexibility index (Phi) is 4.35. The van der Waals surface area contributed by atoms with Crippen molar-refractivity contribution in [1.29, 1.82) is 0 Å². The predicted octanol–water partition coefficient (Wildman–Crippen LogP) is 1.73. The molecule has 5 nitrogen and oxygen atoms in total. The summed E-state index contributed by atoms with van der Waals surface area (Å²) in [5.74, 6) is 0.563. The Morgan fingerprint density at radius 3 is 3.00 bits per heavy atom. The first kappa shape index (κ1) is 13.1. The Balaban J connectivity index is 1.81. The molecule has 2 rings (SSSR count). The van der Waals surface area contributed by atoms with Gasteiger partial charge in [0.15, 0.2) is 5.82 Å². The van der Waals surface area contributed by atoms with Crippen molar-refractivity contribution in [2.24, 2.45) is 0 Å². The van der Waals surface area contributed by atoms with E-state index in [1.54, 1.807) is 0 Å². The lowest BCUT2D eigenvalue weighted by atomic mass is 10.1. The minimum Gasteiger partial charge on any atom is -0.375 e. The second-order valence-corrected chi connectivity index (χ2v) is 4.18. The summed E-state index contributed by atoms with van der Waals surface area (Å²) < 4.78 is 33.3. The van der Waals surface area contributed by atoms with Crippen LogP contribution in [0.5, 0.6) is 0 Å². The summed E-state index contributed by atoms with van der Waals surface area (Å²) in [7, 11) is 0. The predicted molar refractivity (Wildman–Crippen MR) is 56.4 cm³/mol. The SMILES string of the molecule is O=C1CCCC1c1nc(CCOCC(F)F)no1. The molecule has 1 fully saturated rings. The molecule has 0 aliphatic heterocycles. The van der Waals surface area contributed by atoms with E-state index >= 15 is 0 Å². The van der Waals surface area contributed by atoms with E-state index in [1.165, 1.54) is 0 Å². The topological polar surface area (TPSA) is 65.2 Å². The van der Waals surface area contributed by atoms with Crippen LogP contribution >= 0.6 is 0 Å². The molecule has 0 saturated heterocycles. The van der Waals surface area contributed by atoms with E-state index in [2.05, 4.69) is 10.1 Å². The molecule has 0 spiro atoms. The molecule has 1 atom stereocenters. The van der Waals surface area contributed by atoms with Gasteiger partial charge < -0.3 is 9.26 Å². The number of ketones is 1. The molecule has 0 amide bonds. The molecule has 1 unspecified atom stereocenters. The number of Topliss-reactive ketones (excluding diaryl/α,β-unsaturated/α-hetero) is 1. The molecule has 0 N–H and O–H groups in total. The van der Waals surface area contributed by atoms with Gasteiger partial charge in [0.1, 0.15) is 12.4 Å². The Bertz CT molecular complexity index is 409. The van der Waals surface area contributed by atoms with Gasteiger partial charge in [0.25, 0.3) is 6.43 Å². The molecule has 7 heteroatoms. The van der Waals surface area contributed by atoms with Gasteiger partial charge in [-0.25, -0.2) is 8.78 Å². The van der Waals surface area contributed by atoms with Gasteiger partial charge in [-0.1, -0.05) is 5.16 Å². The zero-order valence-electron chi connectivity index (χ0n) is 9.77. The van der Waals surface area contributed by atoms with E-state index in [1.807, 2.05) is 0 Å². The van der Waals surface area contributed by atoms with Crippen molar-refractivity contribution < 1.29 is 22.8 Å². The lowest BCUT2D eigenvalue weighted by molar-refractivity contribution is -0.119. The van der Waals surface area contributed by atoms with Crippen molar-refractivity contribution in [3.63, 3.8) is 0 Å². The van der Waals surface area contributed by atoms with Crippen LogP contribution in [0.2, 0.25) is 0 Å². The molecule has 0 aromatic carbocycles. The van der Waals surface area contributed by atoms with Crippen LogP contribution in [-0.2, 0) is 16.0 Å². The van der Waals surface area contributed by atoms with Crippen LogP contribution in [0.4, 0.5) is 8.78 Å². The number of aromatic nitrogens is 2. The van der Waals surface area contributed by atoms with Crippen molar-refractivity contribution >= 4 is 5.78 Å². The number of carbonyl (C=O) groups excluding carboxylic acids is 1. The molecule has 1 saturated carbocycles. The first-order chi connectivity index (χ1) is 8.66. The third kappa shape index (κ3) is 3.32. The molecule has 0 radical (unpaired) electrons. The first-order valence-corrected chi connectivity index (χ1v) is 5.88. The molecule has 100 valence electrons. The number of ether oxygens (including phenoxy) is 1. The van der Waals surface area contributed by atoms with E-state index in [9.17, 15) is 13.6 Å². The number of carbonyl (C=O) groups is 1. The number of hydrogen-bond donors (Lipinski definition) is 0. The van der Waals surface area contributed by atoms with Crippen molar-refractivity contribution in [3.05, 3.63) is 11.7 Å². The van der Waals surface area contributed by atoms with Crippen LogP contribution in [-0.4, -0.2) is 35.6 Å². The van der Waals surface area contributed by atoms with Crippen LogP contribution in [0.1, 0.15) is 36.9 Å². The lowest BCUT2D eigenvalue weighted by Gasteiger charge is -2.00. The van der Waals surface area contributed by atoms with Gasteiger partial charge in [-0.2, -0.15) is 4.98 Å². The standard InChI is InChI=1S/C11H14F2N2O3/c12-9(13)6-17-5-4-10-14-11(18-15-10)7-2-1-3-8(7)16/h7,9H,1-6H2. The number of alkyl halides is 2. The van der Waals surface area contributed by atoms with Gasteiger partial charge in [0.05, 0.1) is 12.5 Å². The Labute approximate surface area is 103 Å². The highest BCUT2D eigenvalue weighted by molar-refractivity contribution is 5.86. The van der Waals surface area contributed by atoms with Crippen LogP contribution in [0.25, 0.3) is 0 Å². The maximum absolute atomic E-state index is 11.8. The van der Waals surface area contributed by atoms with Gasteiger partial charge in [0, 0.05) is 12.8 Å². The molecule has 1 aliphatic carbocycles. The highest BCUT2D eigenvalue weighted by atomic mass is 19.3. The monoisotopic (exact) mass is 260 g/mol. The maximum Gasteiger partial charge on any atom is 0.261 e. The second kappa shape index (κ2) is 5.99. The molecule has 1 aromatic heterocycles. The molecule has 1 heterocycles. The summed E-state index contributed by atoms with van der Waals surface area (Å²) >= 11 is 0. The minimum absolute atomic E-state index is 0.113. The maximum atomic E-state index is 11.8. The summed E-state index contributed by atoms with van der Waals surface area (Å²) in [5.41, 5.74) is 0. The number of nitrogens with zero attached hydrogens (tertiary/aromatic N) is 2. The largest absolute Gasteiger partial charge is 0.375 e. The fourth-order valence-corrected chi connectivity index (χ4v) is 1.92. The summed E-state index contributed by atoms with van der Waals surface area (Å²) in [4.78, 5) is 15.6. The molecule has 0 bridgehead atoms. The number of halogens is 2. The molecule has 1 aromatic rings. The van der Waals surface area contributed by atoms with E-state index in [0.29, 0.717) is 24.6 Å². The van der Waals surface area contributed by atoms with Gasteiger partial charge in [0.2, 0.25) is 5.89 Å². The van der Waals surface area contributed by atoms with Crippen LogP contribution in [0.15, 0.2) is 4.52 Å². The first-order valence-electron chi connectivity index (χ1n) is 5.88. The van der Waals surface area contributed by atoms with Crippen molar-refractivity contribution in [2.45, 2.75) is 38.0 Å². The Morgan fingerprint density at radius 2 is 2.33 bits per heavy atom. The number of hydrogen-bond acceptors (Lipinski definition) is 5. The zero-order chi connectivity index (χ0) is 13.0. The van der Waals surface area contributed by atoms with E-state index in [0.717, 1.165) is 12.8 Å². The quantitative estimate of drug-likeness (QED) is 0.729. The second-order valence-electron chi connectivity index (χ2n) is 4.18. The number of rotatable bonds is 6. The summed E-state index contributed by atoms with van der Waals surface area (Å²) in [6.45, 7) is -0.478. The Morgan fingerprint density at radius 1 is 1.50 bits per heavy atom. The van der Waals surface area contributed by atoms with Gasteiger partial charge in [-0.15, -0.1) is 0 Å². The average Bonchev–Trinajstić information content (AvgIpc) is 2.92. The summed E-state index contributed by atoms with van der Waals surface area (Å²) in [5, 5.41) is 3.71. The molecule has 1 aliphatic rings. The van der Waals surface area contributed by atoms with Gasteiger partial charge in [-0.3, -0.25) is 4.79 Å². The molecule has 18 heavy (non-hydrogen) atoms. The average molecular weight is 260 g/mol. The normalized spacial score (nSPS) is 19.9. The van der Waals surface area contributed by atoms with Crippen LogP contribution in [0, 0.1) is 0 Å². The van der Waals surface area contributed by atoms with Crippen LogP contribution < -0.4 is 0 Å². The minimum atomic E-state index is -2.47. The summed E-state index contributed by atoms with van der Waals surface area (Å²) in [6.07, 6.45) is -0.0279. The van der Waals surface area contributed by atoms with Crippen molar-refractivity contribution in [1.82, 2.24) is 10.1 Å². The highest BCUT2D eigenvalue weighted by Gasteiger charge is 2.30. The lowest BCUT2D eigenvalue weighted by Crippen LogP contribution is -2.08. The molecular weight excluding hydrogens is 246 g/mol. The van der Waals surface area contributed by atoms with E-state index in [4.69, 9.17) is 9.26 Å². The van der Waals surface area contributed by atoms with Gasteiger partial charge in [-0.05, 0) is 12.8 Å². The fourth-order valence-electron chi connectivity index (χ4n) is 1.92. The summed E-state index contributed by atoms with van der Waals surface area (Å²) in [6, 6.07) is 0. The third-order valence-electron chi connectivity index (χ3n) is 2.80. The van der Waals surface area contributed by atoms with Crippen LogP contribution in [0.3, 0.4) is 0 Å². The van der Waals surface area contributed by atoms with E-state index < -0.39 is 13.0 Å². The third-order valence-corrected chi connectivity index (χ3v) is 2.80. The van der Waals surface area contributed by atoms with Gasteiger partial charge >= 0.3 is 0 Å².